The largest absolute Gasteiger partial charge is 0.281 e. The molecule has 0 aliphatic heterocycles. The van der Waals surface area contributed by atoms with Gasteiger partial charge < -0.3 is 0 Å². The maximum Gasteiger partial charge on any atom is 0.281 e. The molecular weight excluding hydrogens is 357 g/mol. The van der Waals surface area contributed by atoms with Crippen molar-refractivity contribution in [3.63, 3.8) is 0 Å². The van der Waals surface area contributed by atoms with Gasteiger partial charge in [-0.3, -0.25) is 4.79 Å². The van der Waals surface area contributed by atoms with Gasteiger partial charge in [0.05, 0.1) is 12.7 Å². The molecule has 3 aromatic rings. The topological polar surface area (TPSA) is 65.6 Å². The Morgan fingerprint density at radius 3 is 2.74 bits per heavy atom. The zero-order valence-electron chi connectivity index (χ0n) is 10.1. The predicted octanol–water partition coefficient (Wildman–Crippen LogP) is 1.18. The first-order chi connectivity index (χ1) is 9.15. The van der Waals surface area contributed by atoms with E-state index in [2.05, 4.69) is 38.0 Å². The van der Waals surface area contributed by atoms with Crippen LogP contribution in [0, 0.1) is 3.57 Å². The number of aryl methyl sites for hydroxylation is 1. The first kappa shape index (κ1) is 12.3. The van der Waals surface area contributed by atoms with Gasteiger partial charge >= 0.3 is 0 Å². The minimum absolute atomic E-state index is 0.170. The zero-order chi connectivity index (χ0) is 13.4. The van der Waals surface area contributed by atoms with Crippen molar-refractivity contribution in [1.29, 1.82) is 0 Å². The normalized spacial score (nSPS) is 11.1. The third kappa shape index (κ3) is 2.25. The van der Waals surface area contributed by atoms with E-state index in [-0.39, 0.29) is 5.56 Å². The Kier molecular flexibility index (Phi) is 3.05. The molecular formula is C12H10IN5O. The summed E-state index contributed by atoms with van der Waals surface area (Å²) in [5.41, 5.74) is 1.35. The van der Waals surface area contributed by atoms with E-state index in [4.69, 9.17) is 0 Å². The minimum atomic E-state index is -0.170. The van der Waals surface area contributed by atoms with E-state index in [1.54, 1.807) is 11.7 Å². The highest BCUT2D eigenvalue weighted by atomic mass is 127. The van der Waals surface area contributed by atoms with E-state index >= 15 is 0 Å². The molecule has 19 heavy (non-hydrogen) atoms. The summed E-state index contributed by atoms with van der Waals surface area (Å²) in [5, 5.41) is 12.5. The van der Waals surface area contributed by atoms with Crippen LogP contribution in [0.5, 0.6) is 0 Å². The van der Waals surface area contributed by atoms with E-state index < -0.39 is 0 Å². The molecule has 0 aliphatic carbocycles. The standard InChI is InChI=1S/C12H10IN5O/c1-17-11-10(6-14-17)12(19)18(16-15-11)7-8-2-4-9(13)5-3-8/h2-6H,7H2,1H3. The molecule has 0 saturated heterocycles. The molecule has 0 fully saturated rings. The quantitative estimate of drug-likeness (QED) is 0.638. The van der Waals surface area contributed by atoms with Crippen LogP contribution in [0.15, 0.2) is 35.3 Å². The minimum Gasteiger partial charge on any atom is -0.267 e. The Morgan fingerprint density at radius 2 is 2.00 bits per heavy atom. The second-order valence-electron chi connectivity index (χ2n) is 4.18. The number of benzene rings is 1. The van der Waals surface area contributed by atoms with Crippen LogP contribution in [0.1, 0.15) is 5.56 Å². The van der Waals surface area contributed by atoms with Crippen LogP contribution in [-0.2, 0) is 13.6 Å². The van der Waals surface area contributed by atoms with Gasteiger partial charge in [0.25, 0.3) is 5.56 Å². The van der Waals surface area contributed by atoms with Crippen molar-refractivity contribution >= 4 is 33.6 Å². The average Bonchev–Trinajstić information content (AvgIpc) is 2.78. The summed E-state index contributed by atoms with van der Waals surface area (Å²) in [7, 11) is 1.74. The lowest BCUT2D eigenvalue weighted by molar-refractivity contribution is 0.595. The fourth-order valence-corrected chi connectivity index (χ4v) is 2.20. The third-order valence-electron chi connectivity index (χ3n) is 2.87. The number of rotatable bonds is 2. The zero-order valence-corrected chi connectivity index (χ0v) is 12.3. The fraction of sp³-hybridized carbons (Fsp3) is 0.167. The van der Waals surface area contributed by atoms with Gasteiger partial charge in [-0.15, -0.1) is 5.10 Å². The summed E-state index contributed by atoms with van der Waals surface area (Å²) in [6, 6.07) is 7.95. The number of fused-ring (bicyclic) bond motifs is 1. The summed E-state index contributed by atoms with van der Waals surface area (Å²) in [6.07, 6.45) is 1.52. The first-order valence-corrected chi connectivity index (χ1v) is 6.73. The molecule has 7 heteroatoms. The highest BCUT2D eigenvalue weighted by Gasteiger charge is 2.09. The van der Waals surface area contributed by atoms with Gasteiger partial charge in [-0.1, -0.05) is 17.3 Å². The van der Waals surface area contributed by atoms with E-state index in [1.807, 2.05) is 24.3 Å². The van der Waals surface area contributed by atoms with Crippen molar-refractivity contribution < 1.29 is 0 Å². The van der Waals surface area contributed by atoms with Crippen molar-refractivity contribution in [2.45, 2.75) is 6.54 Å². The van der Waals surface area contributed by atoms with Crippen molar-refractivity contribution in [2.24, 2.45) is 7.05 Å². The van der Waals surface area contributed by atoms with Crippen LogP contribution >= 0.6 is 22.6 Å². The molecule has 2 aromatic heterocycles. The summed E-state index contributed by atoms with van der Waals surface area (Å²) in [6.45, 7) is 0.410. The predicted molar refractivity (Wildman–Crippen MR) is 78.8 cm³/mol. The Morgan fingerprint density at radius 1 is 1.26 bits per heavy atom. The lowest BCUT2D eigenvalue weighted by Crippen LogP contribution is -2.24. The Bertz CT molecular complexity index is 790. The molecule has 96 valence electrons. The summed E-state index contributed by atoms with van der Waals surface area (Å²) >= 11 is 2.24. The molecule has 0 atom stereocenters. The Balaban J connectivity index is 2.04. The van der Waals surface area contributed by atoms with Crippen LogP contribution < -0.4 is 5.56 Å². The van der Waals surface area contributed by atoms with Gasteiger partial charge in [0, 0.05) is 10.6 Å². The van der Waals surface area contributed by atoms with Gasteiger partial charge in [0.15, 0.2) is 5.65 Å². The first-order valence-electron chi connectivity index (χ1n) is 5.65. The smallest absolute Gasteiger partial charge is 0.267 e. The van der Waals surface area contributed by atoms with Crippen LogP contribution in [0.25, 0.3) is 11.0 Å². The maximum absolute atomic E-state index is 12.2. The van der Waals surface area contributed by atoms with Gasteiger partial charge in [0.2, 0.25) is 0 Å². The van der Waals surface area contributed by atoms with Crippen molar-refractivity contribution in [2.75, 3.05) is 0 Å². The van der Waals surface area contributed by atoms with Crippen molar-refractivity contribution in [1.82, 2.24) is 24.8 Å². The Hall–Kier alpha value is -1.77. The van der Waals surface area contributed by atoms with Crippen molar-refractivity contribution in [3.05, 3.63) is 49.9 Å². The van der Waals surface area contributed by atoms with Gasteiger partial charge in [0.1, 0.15) is 5.39 Å². The van der Waals surface area contributed by atoms with E-state index in [0.29, 0.717) is 17.6 Å². The molecule has 0 aliphatic rings. The fourth-order valence-electron chi connectivity index (χ4n) is 1.84. The summed E-state index contributed by atoms with van der Waals surface area (Å²) < 4.78 is 4.05. The molecule has 0 radical (unpaired) electrons. The molecule has 0 bridgehead atoms. The molecule has 0 N–H and O–H groups in total. The van der Waals surface area contributed by atoms with Gasteiger partial charge in [-0.25, -0.2) is 9.36 Å². The summed E-state index contributed by atoms with van der Waals surface area (Å²) in [5.74, 6) is 0. The number of hydrogen-bond acceptors (Lipinski definition) is 4. The molecule has 1 aromatic carbocycles. The average molecular weight is 367 g/mol. The molecule has 0 amide bonds. The summed E-state index contributed by atoms with van der Waals surface area (Å²) in [4.78, 5) is 12.2. The highest BCUT2D eigenvalue weighted by molar-refractivity contribution is 14.1. The van der Waals surface area contributed by atoms with E-state index in [1.165, 1.54) is 10.9 Å². The molecule has 6 nitrogen and oxygen atoms in total. The van der Waals surface area contributed by atoms with Crippen LogP contribution in [0.4, 0.5) is 0 Å². The number of hydrogen-bond donors (Lipinski definition) is 0. The van der Waals surface area contributed by atoms with Gasteiger partial charge in [-0.05, 0) is 40.3 Å². The molecule has 0 saturated carbocycles. The Labute approximate surface area is 122 Å². The molecule has 0 spiro atoms. The molecule has 3 rings (SSSR count). The monoisotopic (exact) mass is 367 g/mol. The third-order valence-corrected chi connectivity index (χ3v) is 3.58. The van der Waals surface area contributed by atoms with E-state index in [9.17, 15) is 4.79 Å². The van der Waals surface area contributed by atoms with Crippen LogP contribution in [-0.4, -0.2) is 24.8 Å². The molecule has 2 heterocycles. The maximum atomic E-state index is 12.2. The second-order valence-corrected chi connectivity index (χ2v) is 5.43. The number of aromatic nitrogens is 5. The van der Waals surface area contributed by atoms with Crippen molar-refractivity contribution in [3.8, 4) is 0 Å². The van der Waals surface area contributed by atoms with Crippen LogP contribution in [0.2, 0.25) is 0 Å². The van der Waals surface area contributed by atoms with E-state index in [0.717, 1.165) is 9.13 Å². The van der Waals surface area contributed by atoms with Crippen LogP contribution in [0.3, 0.4) is 0 Å². The number of nitrogens with zero attached hydrogens (tertiary/aromatic N) is 5. The lowest BCUT2D eigenvalue weighted by atomic mass is 10.2. The lowest BCUT2D eigenvalue weighted by Gasteiger charge is -2.03. The highest BCUT2D eigenvalue weighted by Crippen LogP contribution is 2.08. The second kappa shape index (κ2) is 4.72. The SMILES string of the molecule is Cn1ncc2c(=O)n(Cc3ccc(I)cc3)nnc21. The van der Waals surface area contributed by atoms with Gasteiger partial charge in [-0.2, -0.15) is 5.10 Å². The number of halogens is 1. The molecule has 0 unspecified atom stereocenters.